The fourth-order valence-electron chi connectivity index (χ4n) is 1.02. The third-order valence-electron chi connectivity index (χ3n) is 1.55. The van der Waals surface area contributed by atoms with E-state index in [4.69, 9.17) is 14.2 Å². The molecule has 0 aromatic heterocycles. The molecule has 0 aliphatic rings. The van der Waals surface area contributed by atoms with Crippen LogP contribution < -0.4 is 4.74 Å². The van der Waals surface area contributed by atoms with Crippen LogP contribution in [0.2, 0.25) is 0 Å². The summed E-state index contributed by atoms with van der Waals surface area (Å²) in [6.07, 6.45) is 0. The van der Waals surface area contributed by atoms with E-state index in [1.165, 1.54) is 0 Å². The van der Waals surface area contributed by atoms with Gasteiger partial charge < -0.3 is 14.2 Å². The highest BCUT2D eigenvalue weighted by atomic mass is 16.7. The normalized spacial score (nSPS) is 10.0. The van der Waals surface area contributed by atoms with Gasteiger partial charge in [0.15, 0.2) is 6.79 Å². The Morgan fingerprint density at radius 3 is 2.69 bits per heavy atom. The van der Waals surface area contributed by atoms with Crippen LogP contribution in [0.1, 0.15) is 5.56 Å². The molecule has 0 radical (unpaired) electrons. The average Bonchev–Trinajstić information content (AvgIpc) is 2.16. The maximum atomic E-state index is 5.26. The van der Waals surface area contributed by atoms with Crippen molar-refractivity contribution in [3.63, 3.8) is 0 Å². The Hall–Kier alpha value is -1.06. The molecule has 0 N–H and O–H groups in total. The Morgan fingerprint density at radius 1 is 1.15 bits per heavy atom. The van der Waals surface area contributed by atoms with Crippen molar-refractivity contribution in [2.24, 2.45) is 0 Å². The van der Waals surface area contributed by atoms with E-state index in [1.54, 1.807) is 14.2 Å². The lowest BCUT2D eigenvalue weighted by atomic mass is 10.2. The first-order valence-electron chi connectivity index (χ1n) is 4.06. The highest BCUT2D eigenvalue weighted by molar-refractivity contribution is 5.27. The van der Waals surface area contributed by atoms with E-state index in [2.05, 4.69) is 0 Å². The van der Waals surface area contributed by atoms with Crippen molar-refractivity contribution in [1.29, 1.82) is 0 Å². The van der Waals surface area contributed by atoms with E-state index in [1.807, 2.05) is 24.3 Å². The largest absolute Gasteiger partial charge is 0.468 e. The van der Waals surface area contributed by atoms with Crippen LogP contribution in [0.5, 0.6) is 5.75 Å². The Balaban J connectivity index is 2.56. The summed E-state index contributed by atoms with van der Waals surface area (Å²) in [6, 6.07) is 7.74. The quantitative estimate of drug-likeness (QED) is 0.650. The van der Waals surface area contributed by atoms with Crippen molar-refractivity contribution in [3.8, 4) is 5.75 Å². The topological polar surface area (TPSA) is 27.7 Å². The molecule has 0 fully saturated rings. The molecule has 1 rings (SSSR count). The zero-order valence-corrected chi connectivity index (χ0v) is 7.95. The predicted octanol–water partition coefficient (Wildman–Crippen LogP) is 1.82. The molecular weight excluding hydrogens is 168 g/mol. The molecule has 1 aromatic rings. The summed E-state index contributed by atoms with van der Waals surface area (Å²) in [7, 11) is 3.27. The lowest BCUT2D eigenvalue weighted by molar-refractivity contribution is 0.0509. The first-order valence-corrected chi connectivity index (χ1v) is 4.06. The van der Waals surface area contributed by atoms with E-state index < -0.39 is 0 Å². The first kappa shape index (κ1) is 10.0. The summed E-state index contributed by atoms with van der Waals surface area (Å²) < 4.78 is 15.1. The van der Waals surface area contributed by atoms with Crippen molar-refractivity contribution < 1.29 is 14.2 Å². The third-order valence-corrected chi connectivity index (χ3v) is 1.55. The highest BCUT2D eigenvalue weighted by Crippen LogP contribution is 2.13. The van der Waals surface area contributed by atoms with Gasteiger partial charge in [0.1, 0.15) is 5.75 Å². The summed E-state index contributed by atoms with van der Waals surface area (Å²) in [5.41, 5.74) is 1.09. The Morgan fingerprint density at radius 2 is 2.00 bits per heavy atom. The number of ether oxygens (including phenoxy) is 3. The van der Waals surface area contributed by atoms with Gasteiger partial charge in [0.25, 0.3) is 0 Å². The summed E-state index contributed by atoms with van der Waals surface area (Å²) >= 11 is 0. The minimum Gasteiger partial charge on any atom is -0.468 e. The molecule has 1 aromatic carbocycles. The summed E-state index contributed by atoms with van der Waals surface area (Å²) in [5.74, 6) is 0.802. The van der Waals surface area contributed by atoms with E-state index in [0.29, 0.717) is 6.61 Å². The number of benzene rings is 1. The smallest absolute Gasteiger partial charge is 0.188 e. The van der Waals surface area contributed by atoms with Crippen molar-refractivity contribution >= 4 is 0 Å². The molecule has 3 heteroatoms. The molecular formula is C10H14O3. The SMILES string of the molecule is COCOc1cccc(COC)c1. The number of hydrogen-bond acceptors (Lipinski definition) is 3. The molecule has 0 aliphatic heterocycles. The molecule has 72 valence electrons. The molecule has 0 heterocycles. The maximum Gasteiger partial charge on any atom is 0.188 e. The first-order chi connectivity index (χ1) is 6.36. The number of rotatable bonds is 5. The van der Waals surface area contributed by atoms with Crippen molar-refractivity contribution in [3.05, 3.63) is 29.8 Å². The molecule has 0 atom stereocenters. The van der Waals surface area contributed by atoms with Crippen LogP contribution in [-0.2, 0) is 16.1 Å². The van der Waals surface area contributed by atoms with Gasteiger partial charge in [-0.3, -0.25) is 0 Å². The van der Waals surface area contributed by atoms with Gasteiger partial charge in [-0.1, -0.05) is 12.1 Å². The molecule has 0 saturated carbocycles. The zero-order valence-electron chi connectivity index (χ0n) is 7.95. The zero-order chi connectivity index (χ0) is 9.52. The fourth-order valence-corrected chi connectivity index (χ4v) is 1.02. The lowest BCUT2D eigenvalue weighted by Gasteiger charge is -2.05. The van der Waals surface area contributed by atoms with Crippen LogP contribution in [0, 0.1) is 0 Å². The van der Waals surface area contributed by atoms with Crippen molar-refractivity contribution in [1.82, 2.24) is 0 Å². The van der Waals surface area contributed by atoms with Crippen LogP contribution in [0.15, 0.2) is 24.3 Å². The second kappa shape index (κ2) is 5.56. The van der Waals surface area contributed by atoms with Crippen LogP contribution in [-0.4, -0.2) is 21.0 Å². The highest BCUT2D eigenvalue weighted by Gasteiger charge is 1.95. The Labute approximate surface area is 78.2 Å². The van der Waals surface area contributed by atoms with Gasteiger partial charge >= 0.3 is 0 Å². The van der Waals surface area contributed by atoms with E-state index in [0.717, 1.165) is 11.3 Å². The van der Waals surface area contributed by atoms with Gasteiger partial charge in [0, 0.05) is 14.2 Å². The molecule has 0 unspecified atom stereocenters. The molecule has 0 saturated heterocycles. The molecule has 3 nitrogen and oxygen atoms in total. The van der Waals surface area contributed by atoms with Gasteiger partial charge in [0.05, 0.1) is 6.61 Å². The van der Waals surface area contributed by atoms with Gasteiger partial charge in [-0.2, -0.15) is 0 Å². The Kier molecular flexibility index (Phi) is 4.29. The second-order valence-electron chi connectivity index (χ2n) is 2.63. The van der Waals surface area contributed by atoms with E-state index in [9.17, 15) is 0 Å². The van der Waals surface area contributed by atoms with Crippen LogP contribution >= 0.6 is 0 Å². The van der Waals surface area contributed by atoms with Crippen molar-refractivity contribution in [2.45, 2.75) is 6.61 Å². The summed E-state index contributed by atoms with van der Waals surface area (Å²) in [6.45, 7) is 0.876. The number of hydrogen-bond donors (Lipinski definition) is 0. The molecule has 0 amide bonds. The lowest BCUT2D eigenvalue weighted by Crippen LogP contribution is -1.99. The fraction of sp³-hybridized carbons (Fsp3) is 0.400. The van der Waals surface area contributed by atoms with Crippen LogP contribution in [0.3, 0.4) is 0 Å². The monoisotopic (exact) mass is 182 g/mol. The maximum absolute atomic E-state index is 5.26. The standard InChI is InChI=1S/C10H14O3/c1-11-7-9-4-3-5-10(6-9)13-8-12-2/h3-6H,7-8H2,1-2H3. The third kappa shape index (κ3) is 3.44. The van der Waals surface area contributed by atoms with Crippen LogP contribution in [0.25, 0.3) is 0 Å². The van der Waals surface area contributed by atoms with Crippen LogP contribution in [0.4, 0.5) is 0 Å². The predicted molar refractivity (Wildman–Crippen MR) is 49.7 cm³/mol. The summed E-state index contributed by atoms with van der Waals surface area (Å²) in [5, 5.41) is 0. The molecule has 13 heavy (non-hydrogen) atoms. The minimum atomic E-state index is 0.274. The Bertz CT molecular complexity index is 248. The van der Waals surface area contributed by atoms with Gasteiger partial charge in [-0.15, -0.1) is 0 Å². The molecule has 0 spiro atoms. The van der Waals surface area contributed by atoms with E-state index >= 15 is 0 Å². The second-order valence-corrected chi connectivity index (χ2v) is 2.63. The van der Waals surface area contributed by atoms with Gasteiger partial charge in [0.2, 0.25) is 0 Å². The van der Waals surface area contributed by atoms with Gasteiger partial charge in [-0.05, 0) is 17.7 Å². The number of methoxy groups -OCH3 is 2. The molecule has 0 aliphatic carbocycles. The summed E-state index contributed by atoms with van der Waals surface area (Å²) in [4.78, 5) is 0. The van der Waals surface area contributed by atoms with Crippen molar-refractivity contribution in [2.75, 3.05) is 21.0 Å². The average molecular weight is 182 g/mol. The minimum absolute atomic E-state index is 0.274. The van der Waals surface area contributed by atoms with E-state index in [-0.39, 0.29) is 6.79 Å². The van der Waals surface area contributed by atoms with Gasteiger partial charge in [-0.25, -0.2) is 0 Å². The molecule has 0 bridgehead atoms.